The van der Waals surface area contributed by atoms with E-state index in [9.17, 15) is 0 Å². The van der Waals surface area contributed by atoms with E-state index >= 15 is 0 Å². The minimum absolute atomic E-state index is 0. The van der Waals surface area contributed by atoms with Gasteiger partial charge in [0, 0.05) is 37.4 Å². The number of aliphatic imine (C=N–C) groups is 1. The number of benzene rings is 1. The number of H-pyrrole nitrogens is 1. The number of nitrogens with one attached hydrogen (secondary N) is 3. The van der Waals surface area contributed by atoms with Crippen molar-refractivity contribution in [1.29, 1.82) is 0 Å². The number of aromatic nitrogens is 2. The molecule has 0 aliphatic carbocycles. The molecule has 7 nitrogen and oxygen atoms in total. The minimum Gasteiger partial charge on any atom is -0.495 e. The maximum atomic E-state index is 6.15. The second kappa shape index (κ2) is 9.86. The molecular formula is C17H24ClIN6O. The molecular weight excluding hydrogens is 467 g/mol. The van der Waals surface area contributed by atoms with Gasteiger partial charge in [-0.2, -0.15) is 5.10 Å². The summed E-state index contributed by atoms with van der Waals surface area (Å²) in [5, 5.41) is 14.3. The summed E-state index contributed by atoms with van der Waals surface area (Å²) < 4.78 is 5.46. The minimum atomic E-state index is 0. The number of guanidine groups is 1. The number of anilines is 1. The highest BCUT2D eigenvalue weighted by molar-refractivity contribution is 14.0. The van der Waals surface area contributed by atoms with Gasteiger partial charge in [0.1, 0.15) is 5.75 Å². The second-order valence-electron chi connectivity index (χ2n) is 5.90. The zero-order valence-corrected chi connectivity index (χ0v) is 17.9. The second-order valence-corrected chi connectivity index (χ2v) is 6.34. The van der Waals surface area contributed by atoms with Crippen molar-refractivity contribution in [3.63, 3.8) is 0 Å². The zero-order chi connectivity index (χ0) is 17.6. The van der Waals surface area contributed by atoms with Gasteiger partial charge < -0.3 is 20.3 Å². The first-order chi connectivity index (χ1) is 12.2. The van der Waals surface area contributed by atoms with Gasteiger partial charge in [0.15, 0.2) is 5.96 Å². The van der Waals surface area contributed by atoms with Crippen LogP contribution in [-0.2, 0) is 6.54 Å². The van der Waals surface area contributed by atoms with Gasteiger partial charge in [0.05, 0.1) is 25.0 Å². The van der Waals surface area contributed by atoms with Gasteiger partial charge in [-0.3, -0.25) is 10.1 Å². The smallest absolute Gasteiger partial charge is 0.191 e. The lowest BCUT2D eigenvalue weighted by atomic mass is 10.2. The molecule has 142 valence electrons. The first kappa shape index (κ1) is 20.6. The lowest BCUT2D eigenvalue weighted by Crippen LogP contribution is -2.44. The summed E-state index contributed by atoms with van der Waals surface area (Å²) in [7, 11) is 3.45. The normalized spacial score (nSPS) is 17.0. The molecule has 26 heavy (non-hydrogen) atoms. The van der Waals surface area contributed by atoms with Gasteiger partial charge in [-0.25, -0.2) is 0 Å². The lowest BCUT2D eigenvalue weighted by molar-refractivity contribution is 0.415. The molecule has 2 heterocycles. The Balaban J connectivity index is 0.00000243. The highest BCUT2D eigenvalue weighted by atomic mass is 127. The number of hydrogen-bond acceptors (Lipinski definition) is 4. The molecule has 1 saturated heterocycles. The monoisotopic (exact) mass is 490 g/mol. The van der Waals surface area contributed by atoms with Crippen LogP contribution in [0, 0.1) is 0 Å². The quantitative estimate of drug-likeness (QED) is 0.341. The first-order valence-corrected chi connectivity index (χ1v) is 8.61. The fourth-order valence-corrected chi connectivity index (χ4v) is 3.12. The van der Waals surface area contributed by atoms with Crippen molar-refractivity contribution in [2.24, 2.45) is 4.99 Å². The number of aromatic amines is 1. The molecule has 1 atom stereocenters. The summed E-state index contributed by atoms with van der Waals surface area (Å²) >= 11 is 6.15. The Labute approximate surface area is 175 Å². The van der Waals surface area contributed by atoms with E-state index in [1.165, 1.54) is 0 Å². The molecule has 0 amide bonds. The molecule has 0 bridgehead atoms. The summed E-state index contributed by atoms with van der Waals surface area (Å²) in [5.74, 6) is 1.62. The van der Waals surface area contributed by atoms with Crippen LogP contribution in [0.2, 0.25) is 5.02 Å². The molecule has 0 spiro atoms. The maximum Gasteiger partial charge on any atom is 0.191 e. The summed E-state index contributed by atoms with van der Waals surface area (Å²) in [6.45, 7) is 2.45. The Bertz CT molecular complexity index is 724. The number of halogens is 2. The molecule has 3 N–H and O–H groups in total. The third-order valence-electron chi connectivity index (χ3n) is 4.24. The molecule has 1 aliphatic rings. The van der Waals surface area contributed by atoms with Crippen molar-refractivity contribution in [2.75, 3.05) is 32.1 Å². The Morgan fingerprint density at radius 1 is 1.46 bits per heavy atom. The number of hydrogen-bond donors (Lipinski definition) is 3. The number of methoxy groups -OCH3 is 1. The van der Waals surface area contributed by atoms with Crippen LogP contribution >= 0.6 is 35.6 Å². The van der Waals surface area contributed by atoms with Crippen molar-refractivity contribution in [3.8, 4) is 5.75 Å². The van der Waals surface area contributed by atoms with Crippen molar-refractivity contribution < 1.29 is 4.74 Å². The van der Waals surface area contributed by atoms with Gasteiger partial charge in [-0.1, -0.05) is 11.6 Å². The maximum absolute atomic E-state index is 6.15. The van der Waals surface area contributed by atoms with Crippen LogP contribution in [0.25, 0.3) is 0 Å². The Morgan fingerprint density at radius 2 is 2.31 bits per heavy atom. The van der Waals surface area contributed by atoms with Crippen LogP contribution in [0.3, 0.4) is 0 Å². The molecule has 1 aliphatic heterocycles. The van der Waals surface area contributed by atoms with E-state index in [0.717, 1.165) is 42.6 Å². The SMILES string of the molecule is CN=C(NCc1ccn[nH]1)NC1CCN(c2cc(Cl)ccc2OC)C1.I. The Hall–Kier alpha value is -1.68. The summed E-state index contributed by atoms with van der Waals surface area (Å²) in [4.78, 5) is 6.57. The summed E-state index contributed by atoms with van der Waals surface area (Å²) in [5.41, 5.74) is 2.04. The van der Waals surface area contributed by atoms with Gasteiger partial charge in [0.25, 0.3) is 0 Å². The molecule has 3 rings (SSSR count). The highest BCUT2D eigenvalue weighted by Gasteiger charge is 2.25. The predicted octanol–water partition coefficient (Wildman–Crippen LogP) is 2.63. The zero-order valence-electron chi connectivity index (χ0n) is 14.8. The van der Waals surface area contributed by atoms with E-state index in [1.54, 1.807) is 20.4 Å². The van der Waals surface area contributed by atoms with Crippen LogP contribution < -0.4 is 20.3 Å². The van der Waals surface area contributed by atoms with E-state index in [0.29, 0.717) is 17.6 Å². The fourth-order valence-electron chi connectivity index (χ4n) is 2.96. The number of nitrogens with zero attached hydrogens (tertiary/aromatic N) is 3. The predicted molar refractivity (Wildman–Crippen MR) is 116 cm³/mol. The number of rotatable bonds is 5. The molecule has 9 heteroatoms. The highest BCUT2D eigenvalue weighted by Crippen LogP contribution is 2.33. The molecule has 1 unspecified atom stereocenters. The molecule has 0 saturated carbocycles. The van der Waals surface area contributed by atoms with E-state index in [4.69, 9.17) is 16.3 Å². The molecule has 1 aromatic heterocycles. The van der Waals surface area contributed by atoms with E-state index in [2.05, 4.69) is 30.7 Å². The van der Waals surface area contributed by atoms with E-state index in [-0.39, 0.29) is 24.0 Å². The van der Waals surface area contributed by atoms with Gasteiger partial charge in [-0.15, -0.1) is 24.0 Å². The van der Waals surface area contributed by atoms with Gasteiger partial charge in [-0.05, 0) is 30.7 Å². The lowest BCUT2D eigenvalue weighted by Gasteiger charge is -2.22. The average Bonchev–Trinajstić information content (AvgIpc) is 3.30. The molecule has 2 aromatic rings. The van der Waals surface area contributed by atoms with Crippen LogP contribution in [0.15, 0.2) is 35.5 Å². The van der Waals surface area contributed by atoms with Gasteiger partial charge >= 0.3 is 0 Å². The fraction of sp³-hybridized carbons (Fsp3) is 0.412. The van der Waals surface area contributed by atoms with Crippen LogP contribution in [0.4, 0.5) is 5.69 Å². The number of ether oxygens (including phenoxy) is 1. The van der Waals surface area contributed by atoms with Crippen molar-refractivity contribution in [3.05, 3.63) is 41.2 Å². The Kier molecular flexibility index (Phi) is 7.83. The molecule has 1 fully saturated rings. The van der Waals surface area contributed by atoms with Gasteiger partial charge in [0.2, 0.25) is 0 Å². The largest absolute Gasteiger partial charge is 0.495 e. The van der Waals surface area contributed by atoms with E-state index in [1.807, 2.05) is 24.3 Å². The third kappa shape index (κ3) is 5.16. The first-order valence-electron chi connectivity index (χ1n) is 8.23. The standard InChI is InChI=1S/C17H23ClN6O.HI/c1-19-17(20-10-13-5-7-21-23-13)22-14-6-8-24(11-14)15-9-12(18)3-4-16(15)25-2;/h3-5,7,9,14H,6,8,10-11H2,1-2H3,(H,21,23)(H2,19,20,22);1H. The topological polar surface area (TPSA) is 77.6 Å². The molecule has 1 aromatic carbocycles. The van der Waals surface area contributed by atoms with Crippen molar-refractivity contribution in [2.45, 2.75) is 19.0 Å². The summed E-state index contributed by atoms with van der Waals surface area (Å²) in [6, 6.07) is 7.94. The third-order valence-corrected chi connectivity index (χ3v) is 4.47. The summed E-state index contributed by atoms with van der Waals surface area (Å²) in [6.07, 6.45) is 2.75. The van der Waals surface area contributed by atoms with Crippen molar-refractivity contribution >= 4 is 47.2 Å². The molecule has 0 radical (unpaired) electrons. The van der Waals surface area contributed by atoms with Crippen molar-refractivity contribution in [1.82, 2.24) is 20.8 Å². The van der Waals surface area contributed by atoms with Crippen LogP contribution in [0.5, 0.6) is 5.75 Å². The van der Waals surface area contributed by atoms with Crippen LogP contribution in [0.1, 0.15) is 12.1 Å². The van der Waals surface area contributed by atoms with E-state index < -0.39 is 0 Å². The Morgan fingerprint density at radius 3 is 3.00 bits per heavy atom. The van der Waals surface area contributed by atoms with Crippen LogP contribution in [-0.4, -0.2) is 49.4 Å². The average molecular weight is 491 g/mol.